The Hall–Kier alpha value is -1.38. The third-order valence-corrected chi connectivity index (χ3v) is 2.06. The van der Waals surface area contributed by atoms with Gasteiger partial charge in [-0.3, -0.25) is 0 Å². The van der Waals surface area contributed by atoms with Gasteiger partial charge >= 0.3 is 0 Å². The van der Waals surface area contributed by atoms with Crippen molar-refractivity contribution in [2.24, 2.45) is 0 Å². The van der Waals surface area contributed by atoms with E-state index in [4.69, 9.17) is 0 Å². The smallest absolute Gasteiger partial charge is 0.0723 e. The average molecular weight is 175 g/mol. The molecule has 3 nitrogen and oxygen atoms in total. The van der Waals surface area contributed by atoms with E-state index < -0.39 is 0 Å². The molecule has 0 unspecified atom stereocenters. The first-order chi connectivity index (χ1) is 6.07. The molecule has 2 rings (SSSR count). The largest absolute Gasteiger partial charge is 0.222 e. The van der Waals surface area contributed by atoms with Crippen molar-refractivity contribution in [3.63, 3.8) is 0 Å². The molecule has 2 aromatic rings. The third-order valence-electron chi connectivity index (χ3n) is 2.06. The van der Waals surface area contributed by atoms with Gasteiger partial charge in [-0.2, -0.15) is 0 Å². The zero-order valence-corrected chi connectivity index (χ0v) is 8.15. The van der Waals surface area contributed by atoms with Gasteiger partial charge in [0.05, 0.1) is 11.2 Å². The summed E-state index contributed by atoms with van der Waals surface area (Å²) in [5.41, 5.74) is 2.19. The summed E-state index contributed by atoms with van der Waals surface area (Å²) in [6.45, 7) is 6.41. The highest BCUT2D eigenvalue weighted by atomic mass is 15.4. The summed E-state index contributed by atoms with van der Waals surface area (Å²) in [6, 6.07) is 6.08. The van der Waals surface area contributed by atoms with Crippen LogP contribution in [0, 0.1) is 0 Å². The maximum absolute atomic E-state index is 4.16. The van der Waals surface area contributed by atoms with Gasteiger partial charge in [0.2, 0.25) is 0 Å². The van der Waals surface area contributed by atoms with Crippen LogP contribution in [0.15, 0.2) is 24.4 Å². The van der Waals surface area contributed by atoms with Gasteiger partial charge in [-0.25, -0.2) is 4.52 Å². The topological polar surface area (TPSA) is 30.2 Å². The van der Waals surface area contributed by atoms with Crippen molar-refractivity contribution in [1.82, 2.24) is 14.8 Å². The van der Waals surface area contributed by atoms with Gasteiger partial charge in [-0.1, -0.05) is 26.0 Å². The Bertz CT molecular complexity index is 423. The molecule has 0 fully saturated rings. The monoisotopic (exact) mass is 175 g/mol. The number of hydrogen-bond acceptors (Lipinski definition) is 2. The van der Waals surface area contributed by atoms with Crippen molar-refractivity contribution >= 4 is 5.52 Å². The minimum Gasteiger partial charge on any atom is -0.222 e. The van der Waals surface area contributed by atoms with Crippen LogP contribution in [0.25, 0.3) is 5.52 Å². The summed E-state index contributed by atoms with van der Waals surface area (Å²) < 4.78 is 1.77. The lowest BCUT2D eigenvalue weighted by Gasteiger charge is -2.16. The van der Waals surface area contributed by atoms with Gasteiger partial charge < -0.3 is 0 Å². The summed E-state index contributed by atoms with van der Waals surface area (Å²) in [5.74, 6) is 0. The van der Waals surface area contributed by atoms with Crippen molar-refractivity contribution < 1.29 is 0 Å². The van der Waals surface area contributed by atoms with E-state index in [1.165, 1.54) is 0 Å². The Morgan fingerprint density at radius 1 is 1.31 bits per heavy atom. The van der Waals surface area contributed by atoms with Crippen LogP contribution in [0.5, 0.6) is 0 Å². The van der Waals surface area contributed by atoms with Gasteiger partial charge in [-0.15, -0.1) is 5.10 Å². The number of aromatic nitrogens is 3. The molecule has 2 aromatic heterocycles. The zero-order valence-electron chi connectivity index (χ0n) is 8.15. The van der Waals surface area contributed by atoms with Gasteiger partial charge in [-0.05, 0) is 18.2 Å². The fourth-order valence-electron chi connectivity index (χ4n) is 1.21. The zero-order chi connectivity index (χ0) is 9.47. The summed E-state index contributed by atoms with van der Waals surface area (Å²) in [5, 5.41) is 8.24. The van der Waals surface area contributed by atoms with Crippen molar-refractivity contribution in [2.75, 3.05) is 0 Å². The minimum absolute atomic E-state index is 0.0685. The van der Waals surface area contributed by atoms with Crippen LogP contribution >= 0.6 is 0 Å². The van der Waals surface area contributed by atoms with Gasteiger partial charge in [0.25, 0.3) is 0 Å². The molecule has 0 spiro atoms. The van der Waals surface area contributed by atoms with Crippen LogP contribution < -0.4 is 0 Å². The van der Waals surface area contributed by atoms with Crippen LogP contribution in [-0.4, -0.2) is 14.8 Å². The second kappa shape index (κ2) is 2.55. The Labute approximate surface area is 77.4 Å². The summed E-state index contributed by atoms with van der Waals surface area (Å²) in [4.78, 5) is 0. The number of hydrogen-bond donors (Lipinski definition) is 0. The van der Waals surface area contributed by atoms with Crippen molar-refractivity contribution in [3.05, 3.63) is 30.1 Å². The lowest BCUT2D eigenvalue weighted by molar-refractivity contribution is 0.549. The van der Waals surface area contributed by atoms with Crippen LogP contribution in [0.1, 0.15) is 26.5 Å². The second-order valence-corrected chi connectivity index (χ2v) is 4.25. The summed E-state index contributed by atoms with van der Waals surface area (Å²) in [6.07, 6.45) is 1.90. The van der Waals surface area contributed by atoms with Crippen LogP contribution in [0.4, 0.5) is 0 Å². The second-order valence-electron chi connectivity index (χ2n) is 4.25. The van der Waals surface area contributed by atoms with Crippen molar-refractivity contribution in [2.45, 2.75) is 26.2 Å². The first-order valence-electron chi connectivity index (χ1n) is 4.39. The highest BCUT2D eigenvalue weighted by molar-refractivity contribution is 5.47. The predicted molar refractivity (Wildman–Crippen MR) is 51.7 cm³/mol. The van der Waals surface area contributed by atoms with E-state index in [0.717, 1.165) is 11.2 Å². The minimum atomic E-state index is 0.0685. The Morgan fingerprint density at radius 2 is 2.08 bits per heavy atom. The molecule has 0 saturated heterocycles. The summed E-state index contributed by atoms with van der Waals surface area (Å²) >= 11 is 0. The highest BCUT2D eigenvalue weighted by Gasteiger charge is 2.16. The molecule has 0 saturated carbocycles. The van der Waals surface area contributed by atoms with Gasteiger partial charge in [0.1, 0.15) is 0 Å². The van der Waals surface area contributed by atoms with E-state index in [2.05, 4.69) is 37.1 Å². The number of fused-ring (bicyclic) bond motifs is 1. The maximum Gasteiger partial charge on any atom is 0.0723 e. The van der Waals surface area contributed by atoms with Crippen LogP contribution in [0.3, 0.4) is 0 Å². The molecule has 0 atom stereocenters. The number of nitrogens with zero attached hydrogens (tertiary/aromatic N) is 3. The predicted octanol–water partition coefficient (Wildman–Crippen LogP) is 2.03. The molecule has 0 aromatic carbocycles. The molecule has 0 aliphatic carbocycles. The molecule has 0 N–H and O–H groups in total. The standard InChI is InChI=1S/C10H13N3/c1-10(2,3)9-7-8-5-4-6-13(8)12-11-9/h4-7H,1-3H3. The third kappa shape index (κ3) is 1.41. The Kier molecular flexibility index (Phi) is 1.62. The normalized spacial score (nSPS) is 12.2. The lowest BCUT2D eigenvalue weighted by atomic mass is 9.92. The lowest BCUT2D eigenvalue weighted by Crippen LogP contribution is -2.15. The molecule has 68 valence electrons. The molecule has 0 aliphatic rings. The van der Waals surface area contributed by atoms with E-state index in [1.54, 1.807) is 4.52 Å². The molecule has 0 aliphatic heterocycles. The van der Waals surface area contributed by atoms with Crippen molar-refractivity contribution in [3.8, 4) is 0 Å². The van der Waals surface area contributed by atoms with Crippen molar-refractivity contribution in [1.29, 1.82) is 0 Å². The number of rotatable bonds is 0. The van der Waals surface area contributed by atoms with Gasteiger partial charge in [0.15, 0.2) is 0 Å². The molecule has 2 heterocycles. The van der Waals surface area contributed by atoms with E-state index in [0.29, 0.717) is 0 Å². The SMILES string of the molecule is CC(C)(C)c1cc2cccn2nn1. The first-order valence-corrected chi connectivity index (χ1v) is 4.39. The molecular formula is C10H13N3. The van der Waals surface area contributed by atoms with E-state index in [9.17, 15) is 0 Å². The molecule has 0 amide bonds. The summed E-state index contributed by atoms with van der Waals surface area (Å²) in [7, 11) is 0. The maximum atomic E-state index is 4.16. The molecular weight excluding hydrogens is 162 g/mol. The molecule has 13 heavy (non-hydrogen) atoms. The fourth-order valence-corrected chi connectivity index (χ4v) is 1.21. The van der Waals surface area contributed by atoms with Crippen LogP contribution in [-0.2, 0) is 5.41 Å². The average Bonchev–Trinajstić information content (AvgIpc) is 2.47. The molecule has 3 heteroatoms. The van der Waals surface area contributed by atoms with Crippen LogP contribution in [0.2, 0.25) is 0 Å². The Balaban J connectivity index is 2.61. The van der Waals surface area contributed by atoms with E-state index in [-0.39, 0.29) is 5.41 Å². The van der Waals surface area contributed by atoms with E-state index >= 15 is 0 Å². The van der Waals surface area contributed by atoms with Gasteiger partial charge in [0, 0.05) is 11.6 Å². The quantitative estimate of drug-likeness (QED) is 0.613. The fraction of sp³-hybridized carbons (Fsp3) is 0.400. The molecule has 0 radical (unpaired) electrons. The highest BCUT2D eigenvalue weighted by Crippen LogP contribution is 2.19. The molecule has 0 bridgehead atoms. The van der Waals surface area contributed by atoms with E-state index in [1.807, 2.05) is 18.3 Å². The Morgan fingerprint density at radius 3 is 2.77 bits per heavy atom. The first kappa shape index (κ1) is 8.23.